The highest BCUT2D eigenvalue weighted by Gasteiger charge is 2.19. The van der Waals surface area contributed by atoms with E-state index in [1.54, 1.807) is 7.11 Å². The topological polar surface area (TPSA) is 55.8 Å². The zero-order chi connectivity index (χ0) is 18.4. The number of hydrogen-bond acceptors (Lipinski definition) is 5. The smallest absolute Gasteiger partial charge is 0.161 e. The summed E-state index contributed by atoms with van der Waals surface area (Å²) in [5, 5.41) is 0. The van der Waals surface area contributed by atoms with E-state index in [4.69, 9.17) is 9.47 Å². The first-order valence-corrected chi connectivity index (χ1v) is 10.6. The van der Waals surface area contributed by atoms with Crippen LogP contribution in [-0.4, -0.2) is 45.0 Å². The van der Waals surface area contributed by atoms with E-state index < -0.39 is 9.84 Å². The van der Waals surface area contributed by atoms with Crippen molar-refractivity contribution in [1.82, 2.24) is 4.90 Å². The Bertz CT molecular complexity index is 821. The molecule has 0 saturated carbocycles. The first kappa shape index (κ1) is 18.7. The monoisotopic (exact) mass is 375 g/mol. The van der Waals surface area contributed by atoms with E-state index in [2.05, 4.69) is 4.90 Å². The molecular weight excluding hydrogens is 350 g/mol. The van der Waals surface area contributed by atoms with E-state index >= 15 is 0 Å². The summed E-state index contributed by atoms with van der Waals surface area (Å²) in [4.78, 5) is 2.19. The molecule has 0 amide bonds. The summed E-state index contributed by atoms with van der Waals surface area (Å²) in [7, 11) is -1.26. The average molecular weight is 375 g/mol. The summed E-state index contributed by atoms with van der Waals surface area (Å²) in [6.07, 6.45) is 0.690. The molecule has 140 valence electrons. The second-order valence-corrected chi connectivity index (χ2v) is 8.84. The molecule has 0 atom stereocenters. The standard InChI is InChI=1S/C20H25NO4S/c1-24-19-9-8-18(15-21-10-5-12-26(22,23)13-11-21)14-20(19)25-16-17-6-3-2-4-7-17/h2-4,6-9,14H,5,10-13,15-16H2,1H3. The molecule has 3 rings (SSSR count). The fourth-order valence-electron chi connectivity index (χ4n) is 3.07. The van der Waals surface area contributed by atoms with Crippen molar-refractivity contribution in [3.63, 3.8) is 0 Å². The van der Waals surface area contributed by atoms with Gasteiger partial charge in [0.2, 0.25) is 0 Å². The summed E-state index contributed by atoms with van der Waals surface area (Å²) in [6.45, 7) is 2.56. The molecule has 1 fully saturated rings. The van der Waals surface area contributed by atoms with E-state index in [0.29, 0.717) is 37.6 Å². The molecule has 0 aliphatic carbocycles. The van der Waals surface area contributed by atoms with Crippen molar-refractivity contribution in [1.29, 1.82) is 0 Å². The Kier molecular flexibility index (Phi) is 6.16. The van der Waals surface area contributed by atoms with Gasteiger partial charge in [-0.05, 0) is 36.2 Å². The zero-order valence-corrected chi connectivity index (χ0v) is 15.9. The molecule has 0 N–H and O–H groups in total. The Balaban J connectivity index is 1.68. The Morgan fingerprint density at radius 1 is 0.962 bits per heavy atom. The number of rotatable bonds is 6. The van der Waals surface area contributed by atoms with Crippen molar-refractivity contribution in [3.05, 3.63) is 59.7 Å². The minimum atomic E-state index is -2.89. The van der Waals surface area contributed by atoms with Crippen LogP contribution < -0.4 is 9.47 Å². The zero-order valence-electron chi connectivity index (χ0n) is 15.1. The lowest BCUT2D eigenvalue weighted by Crippen LogP contribution is -2.26. The van der Waals surface area contributed by atoms with E-state index in [0.717, 1.165) is 17.7 Å². The van der Waals surface area contributed by atoms with Crippen molar-refractivity contribution >= 4 is 9.84 Å². The molecule has 1 aliphatic rings. The Morgan fingerprint density at radius 2 is 1.77 bits per heavy atom. The molecule has 5 nitrogen and oxygen atoms in total. The van der Waals surface area contributed by atoms with Gasteiger partial charge in [-0.2, -0.15) is 0 Å². The molecule has 2 aromatic rings. The molecule has 0 bridgehead atoms. The van der Waals surface area contributed by atoms with Crippen molar-refractivity contribution in [3.8, 4) is 11.5 Å². The van der Waals surface area contributed by atoms with Crippen LogP contribution in [0.4, 0.5) is 0 Å². The minimum Gasteiger partial charge on any atom is -0.493 e. The Morgan fingerprint density at radius 3 is 2.54 bits per heavy atom. The van der Waals surface area contributed by atoms with Crippen LogP contribution in [-0.2, 0) is 23.0 Å². The van der Waals surface area contributed by atoms with E-state index in [1.807, 2.05) is 48.5 Å². The van der Waals surface area contributed by atoms with Gasteiger partial charge in [0, 0.05) is 13.1 Å². The fraction of sp³-hybridized carbons (Fsp3) is 0.400. The van der Waals surface area contributed by atoms with Gasteiger partial charge in [-0.15, -0.1) is 0 Å². The molecule has 2 aromatic carbocycles. The van der Waals surface area contributed by atoms with Crippen molar-refractivity contribution in [2.24, 2.45) is 0 Å². The number of nitrogens with zero attached hydrogens (tertiary/aromatic N) is 1. The third-order valence-corrected chi connectivity index (χ3v) is 6.23. The summed E-state index contributed by atoms with van der Waals surface area (Å²) in [5.41, 5.74) is 2.19. The predicted molar refractivity (Wildman–Crippen MR) is 102 cm³/mol. The third-order valence-electron chi connectivity index (χ3n) is 4.52. The summed E-state index contributed by atoms with van der Waals surface area (Å²) >= 11 is 0. The molecule has 0 radical (unpaired) electrons. The number of hydrogen-bond donors (Lipinski definition) is 0. The maximum atomic E-state index is 11.8. The van der Waals surface area contributed by atoms with Crippen molar-refractivity contribution < 1.29 is 17.9 Å². The summed E-state index contributed by atoms with van der Waals surface area (Å²) in [6, 6.07) is 15.9. The molecule has 6 heteroatoms. The van der Waals surface area contributed by atoms with Gasteiger partial charge in [-0.1, -0.05) is 36.4 Å². The van der Waals surface area contributed by atoms with Gasteiger partial charge in [0.25, 0.3) is 0 Å². The number of benzene rings is 2. The second kappa shape index (κ2) is 8.56. The first-order chi connectivity index (χ1) is 12.6. The molecule has 0 unspecified atom stereocenters. The SMILES string of the molecule is COc1ccc(CN2CCCS(=O)(=O)CC2)cc1OCc1ccccc1. The quantitative estimate of drug-likeness (QED) is 0.777. The van der Waals surface area contributed by atoms with Crippen LogP contribution in [0, 0.1) is 0 Å². The fourth-order valence-corrected chi connectivity index (χ4v) is 4.38. The summed E-state index contributed by atoms with van der Waals surface area (Å²) in [5.74, 6) is 1.93. The highest BCUT2D eigenvalue weighted by Crippen LogP contribution is 2.29. The lowest BCUT2D eigenvalue weighted by atomic mass is 10.1. The minimum absolute atomic E-state index is 0.237. The average Bonchev–Trinajstić information content (AvgIpc) is 2.81. The van der Waals surface area contributed by atoms with Gasteiger partial charge < -0.3 is 9.47 Å². The lowest BCUT2D eigenvalue weighted by molar-refractivity contribution is 0.276. The summed E-state index contributed by atoms with van der Waals surface area (Å²) < 4.78 is 34.9. The van der Waals surface area contributed by atoms with Crippen LogP contribution in [0.1, 0.15) is 17.5 Å². The van der Waals surface area contributed by atoms with Crippen LogP contribution in [0.3, 0.4) is 0 Å². The number of ether oxygens (including phenoxy) is 2. The molecule has 1 saturated heterocycles. The van der Waals surface area contributed by atoms with E-state index in [1.165, 1.54) is 0 Å². The second-order valence-electron chi connectivity index (χ2n) is 6.54. The third kappa shape index (κ3) is 5.22. The highest BCUT2D eigenvalue weighted by atomic mass is 32.2. The normalized spacial score (nSPS) is 17.4. The Labute approximate surface area is 155 Å². The van der Waals surface area contributed by atoms with Crippen LogP contribution in [0.25, 0.3) is 0 Å². The van der Waals surface area contributed by atoms with Gasteiger partial charge in [0.15, 0.2) is 21.3 Å². The van der Waals surface area contributed by atoms with Crippen LogP contribution in [0.15, 0.2) is 48.5 Å². The maximum absolute atomic E-state index is 11.8. The van der Waals surface area contributed by atoms with Gasteiger partial charge >= 0.3 is 0 Å². The maximum Gasteiger partial charge on any atom is 0.161 e. The van der Waals surface area contributed by atoms with Gasteiger partial charge in [-0.3, -0.25) is 4.90 Å². The Hall–Kier alpha value is -2.05. The van der Waals surface area contributed by atoms with Crippen LogP contribution in [0.5, 0.6) is 11.5 Å². The predicted octanol–water partition coefficient (Wildman–Crippen LogP) is 2.89. The lowest BCUT2D eigenvalue weighted by Gasteiger charge is -2.20. The van der Waals surface area contributed by atoms with Gasteiger partial charge in [0.1, 0.15) is 6.61 Å². The van der Waals surface area contributed by atoms with E-state index in [9.17, 15) is 8.42 Å². The molecular formula is C20H25NO4S. The first-order valence-electron chi connectivity index (χ1n) is 8.82. The molecule has 0 aromatic heterocycles. The molecule has 26 heavy (non-hydrogen) atoms. The van der Waals surface area contributed by atoms with Crippen molar-refractivity contribution in [2.45, 2.75) is 19.6 Å². The van der Waals surface area contributed by atoms with Gasteiger partial charge in [0.05, 0.1) is 18.6 Å². The van der Waals surface area contributed by atoms with E-state index in [-0.39, 0.29) is 11.5 Å². The largest absolute Gasteiger partial charge is 0.493 e. The highest BCUT2D eigenvalue weighted by molar-refractivity contribution is 7.91. The number of methoxy groups -OCH3 is 1. The van der Waals surface area contributed by atoms with Crippen LogP contribution >= 0.6 is 0 Å². The van der Waals surface area contributed by atoms with Crippen LogP contribution in [0.2, 0.25) is 0 Å². The number of sulfone groups is 1. The van der Waals surface area contributed by atoms with Crippen molar-refractivity contribution in [2.75, 3.05) is 31.7 Å². The van der Waals surface area contributed by atoms with Gasteiger partial charge in [-0.25, -0.2) is 8.42 Å². The molecule has 1 aliphatic heterocycles. The molecule has 0 spiro atoms. The molecule has 1 heterocycles.